The van der Waals surface area contributed by atoms with E-state index in [1.165, 1.54) is 23.0 Å². The number of nitrogens with two attached hydrogens (primary N) is 1. The van der Waals surface area contributed by atoms with E-state index in [4.69, 9.17) is 15.2 Å². The Kier molecular flexibility index (Phi) is 11.4. The highest BCUT2D eigenvalue weighted by atomic mass is 19.1. The number of nitrogens with one attached hydrogen (secondary N) is 1. The van der Waals surface area contributed by atoms with Crippen LogP contribution in [0.1, 0.15) is 49.9 Å². The monoisotopic (exact) mass is 642 g/mol. The second-order valence-electron chi connectivity index (χ2n) is 12.3. The van der Waals surface area contributed by atoms with Gasteiger partial charge in [-0.3, -0.25) is 14.5 Å². The molecule has 2 aromatic carbocycles. The fourth-order valence-corrected chi connectivity index (χ4v) is 5.06. The molecule has 0 atom stereocenters. The largest absolute Gasteiger partial charge is 0.383 e. The van der Waals surface area contributed by atoms with Gasteiger partial charge in [-0.25, -0.2) is 9.37 Å². The summed E-state index contributed by atoms with van der Waals surface area (Å²) in [4.78, 5) is 32.8. The van der Waals surface area contributed by atoms with Gasteiger partial charge in [0.25, 0.3) is 11.5 Å². The van der Waals surface area contributed by atoms with Crippen molar-refractivity contribution in [1.82, 2.24) is 19.7 Å². The number of hydrogen-bond acceptors (Lipinski definition) is 8. The van der Waals surface area contributed by atoms with Crippen LogP contribution < -0.4 is 16.6 Å². The summed E-state index contributed by atoms with van der Waals surface area (Å²) in [6, 6.07) is 12.1. The molecule has 2 aromatic heterocycles. The first-order valence-electron chi connectivity index (χ1n) is 15.4. The fourth-order valence-electron chi connectivity index (χ4n) is 5.06. The number of aromatic nitrogens is 3. The number of carbonyl (C=O) groups is 1. The lowest BCUT2D eigenvalue weighted by Crippen LogP contribution is -2.24. The van der Waals surface area contributed by atoms with Crippen LogP contribution in [0.3, 0.4) is 0 Å². The van der Waals surface area contributed by atoms with Crippen LogP contribution in [-0.4, -0.2) is 59.5 Å². The number of amides is 1. The smallest absolute Gasteiger partial charge is 0.282 e. The summed E-state index contributed by atoms with van der Waals surface area (Å²) >= 11 is 0. The average Bonchev–Trinajstić information content (AvgIpc) is 3.02. The van der Waals surface area contributed by atoms with E-state index in [9.17, 15) is 9.59 Å². The molecule has 2 heterocycles. The molecule has 11 heteroatoms. The number of primary amides is 1. The zero-order valence-electron chi connectivity index (χ0n) is 27.9. The van der Waals surface area contributed by atoms with Gasteiger partial charge < -0.3 is 20.5 Å². The topological polar surface area (TPSA) is 125 Å². The second kappa shape index (κ2) is 15.3. The minimum Gasteiger partial charge on any atom is -0.383 e. The minimum absolute atomic E-state index is 0.0557. The number of anilines is 1. The molecule has 0 saturated heterocycles. The molecular formula is C36H43FN6O4. The molecule has 47 heavy (non-hydrogen) atoms. The average molecular weight is 643 g/mol. The predicted molar refractivity (Wildman–Crippen MR) is 184 cm³/mol. The Balaban J connectivity index is 1.70. The maximum atomic E-state index is 15.4. The van der Waals surface area contributed by atoms with Crippen molar-refractivity contribution in [3.63, 3.8) is 0 Å². The second-order valence-corrected chi connectivity index (χ2v) is 12.3. The Labute approximate surface area is 274 Å². The lowest BCUT2D eigenvalue weighted by Gasteiger charge is -2.20. The molecule has 4 aromatic rings. The van der Waals surface area contributed by atoms with Crippen LogP contribution in [0.25, 0.3) is 22.0 Å². The number of benzene rings is 2. The van der Waals surface area contributed by atoms with Crippen molar-refractivity contribution in [3.8, 4) is 5.69 Å². The quantitative estimate of drug-likeness (QED) is 0.140. The molecule has 0 fully saturated rings. The number of methoxy groups -OCH3 is 1. The minimum atomic E-state index is -0.712. The van der Waals surface area contributed by atoms with Crippen molar-refractivity contribution in [2.24, 2.45) is 5.73 Å². The number of ether oxygens (including phenoxy) is 2. The summed E-state index contributed by atoms with van der Waals surface area (Å²) in [6.45, 7) is 14.6. The third-order valence-electron chi connectivity index (χ3n) is 7.68. The fraction of sp³-hybridized carbons (Fsp3) is 0.333. The van der Waals surface area contributed by atoms with Gasteiger partial charge in [-0.15, -0.1) is 0 Å². The van der Waals surface area contributed by atoms with Crippen LogP contribution in [0.5, 0.6) is 0 Å². The Hall–Kier alpha value is -4.71. The van der Waals surface area contributed by atoms with Crippen molar-refractivity contribution < 1.29 is 18.7 Å². The van der Waals surface area contributed by atoms with Crippen LogP contribution in [0.4, 0.5) is 10.2 Å². The Bertz CT molecular complexity index is 1840. The summed E-state index contributed by atoms with van der Waals surface area (Å²) in [5.41, 5.74) is 8.66. The molecule has 0 aliphatic rings. The van der Waals surface area contributed by atoms with E-state index in [1.54, 1.807) is 43.6 Å². The van der Waals surface area contributed by atoms with E-state index < -0.39 is 17.3 Å². The third kappa shape index (κ3) is 8.56. The normalized spacial score (nSPS) is 12.1. The lowest BCUT2D eigenvalue weighted by molar-refractivity contribution is -0.114. The molecule has 0 saturated carbocycles. The maximum Gasteiger partial charge on any atom is 0.282 e. The summed E-state index contributed by atoms with van der Waals surface area (Å²) in [6.07, 6.45) is 4.74. The molecule has 0 unspecified atom stereocenters. The van der Waals surface area contributed by atoms with Gasteiger partial charge in [-0.2, -0.15) is 9.78 Å². The van der Waals surface area contributed by atoms with Crippen LogP contribution in [0.15, 0.2) is 78.0 Å². The first-order chi connectivity index (χ1) is 22.3. The summed E-state index contributed by atoms with van der Waals surface area (Å²) in [5, 5.41) is 7.79. The molecule has 0 bridgehead atoms. The van der Waals surface area contributed by atoms with Crippen LogP contribution >= 0.6 is 0 Å². The number of hydrogen-bond donors (Lipinski definition) is 2. The molecule has 0 aliphatic carbocycles. The number of nitrogens with zero attached hydrogens (tertiary/aromatic N) is 4. The molecule has 1 amide bonds. The molecular weight excluding hydrogens is 599 g/mol. The van der Waals surface area contributed by atoms with Gasteiger partial charge in [-0.05, 0) is 72.0 Å². The van der Waals surface area contributed by atoms with Gasteiger partial charge in [-0.1, -0.05) is 45.5 Å². The standard InChI is InChI=1S/C36H43FN6O4/c1-8-47-22-28-27(23(2)16-30(34(38)44)41-32-13-12-24(19-39-32)21-42(6)14-15-46-7)10-9-11-31(28)43-35(45)33-25(20-40-43)17-26(18-29(33)37)36(3,4)5/h9-13,16-20H,2,8,14-15,21-22H2,1,3-7H3,(H2,38,44)(H,39,41)/b30-16+. The number of carbonyl (C=O) groups excluding carboxylic acids is 1. The van der Waals surface area contributed by atoms with Crippen LogP contribution in [0.2, 0.25) is 0 Å². The summed E-state index contributed by atoms with van der Waals surface area (Å²) in [7, 11) is 3.66. The molecule has 4 rings (SSSR count). The van der Waals surface area contributed by atoms with E-state index in [2.05, 4.69) is 26.9 Å². The highest BCUT2D eigenvalue weighted by Crippen LogP contribution is 2.29. The van der Waals surface area contributed by atoms with E-state index in [0.29, 0.717) is 53.4 Å². The number of pyridine rings is 1. The Morgan fingerprint density at radius 1 is 1.19 bits per heavy atom. The van der Waals surface area contributed by atoms with E-state index >= 15 is 4.39 Å². The number of halogens is 1. The van der Waals surface area contributed by atoms with Gasteiger partial charge in [0.2, 0.25) is 0 Å². The maximum absolute atomic E-state index is 15.4. The summed E-state index contributed by atoms with van der Waals surface area (Å²) in [5.74, 6) is -0.894. The Morgan fingerprint density at radius 3 is 2.60 bits per heavy atom. The molecule has 0 spiro atoms. The predicted octanol–water partition coefficient (Wildman–Crippen LogP) is 5.33. The van der Waals surface area contributed by atoms with Crippen molar-refractivity contribution in [2.45, 2.75) is 46.3 Å². The molecule has 3 N–H and O–H groups in total. The number of fused-ring (bicyclic) bond motifs is 1. The SMILES string of the molecule is C=C(/C=C(/Nc1ccc(CN(C)CCOC)cn1)C(N)=O)c1cccc(-n2ncc3cc(C(C)(C)C)cc(F)c3c2=O)c1COCC. The molecule has 0 radical (unpaired) electrons. The van der Waals surface area contributed by atoms with Gasteiger partial charge in [0, 0.05) is 44.0 Å². The zero-order valence-corrected chi connectivity index (χ0v) is 27.9. The zero-order chi connectivity index (χ0) is 34.3. The van der Waals surface area contributed by atoms with Gasteiger partial charge in [0.1, 0.15) is 17.3 Å². The van der Waals surface area contributed by atoms with Crippen molar-refractivity contribution >= 4 is 28.1 Å². The van der Waals surface area contributed by atoms with E-state index in [-0.39, 0.29) is 23.1 Å². The van der Waals surface area contributed by atoms with Gasteiger partial charge >= 0.3 is 0 Å². The highest BCUT2D eigenvalue weighted by molar-refractivity contribution is 5.98. The van der Waals surface area contributed by atoms with Crippen molar-refractivity contribution in [2.75, 3.05) is 39.2 Å². The summed E-state index contributed by atoms with van der Waals surface area (Å²) < 4.78 is 27.5. The lowest BCUT2D eigenvalue weighted by atomic mass is 9.86. The highest BCUT2D eigenvalue weighted by Gasteiger charge is 2.21. The molecule has 248 valence electrons. The van der Waals surface area contributed by atoms with Gasteiger partial charge in [0.15, 0.2) is 0 Å². The third-order valence-corrected chi connectivity index (χ3v) is 7.68. The number of likely N-dealkylation sites (N-methyl/N-ethyl adjacent to an activating group) is 1. The van der Waals surface area contributed by atoms with Crippen molar-refractivity contribution in [3.05, 3.63) is 112 Å². The first-order valence-corrected chi connectivity index (χ1v) is 15.4. The van der Waals surface area contributed by atoms with Crippen molar-refractivity contribution in [1.29, 1.82) is 0 Å². The Morgan fingerprint density at radius 2 is 1.96 bits per heavy atom. The first kappa shape index (κ1) is 35.1. The van der Waals surface area contributed by atoms with Crippen LogP contribution in [-0.2, 0) is 32.8 Å². The van der Waals surface area contributed by atoms with Gasteiger partial charge in [0.05, 0.1) is 30.5 Å². The van der Waals surface area contributed by atoms with E-state index in [0.717, 1.165) is 17.7 Å². The number of rotatable bonds is 14. The molecule has 10 nitrogen and oxygen atoms in total. The molecule has 0 aliphatic heterocycles. The van der Waals surface area contributed by atoms with E-state index in [1.807, 2.05) is 40.8 Å². The number of allylic oxidation sites excluding steroid dienone is 2. The van der Waals surface area contributed by atoms with Crippen LogP contribution in [0, 0.1) is 5.82 Å².